The molecule has 6 nitrogen and oxygen atoms in total. The molecule has 1 heterocycles. The molecule has 0 saturated carbocycles. The van der Waals surface area contributed by atoms with E-state index < -0.39 is 0 Å². The molecule has 26 heavy (non-hydrogen) atoms. The fourth-order valence-corrected chi connectivity index (χ4v) is 2.72. The molecular formula is C20H22N4O2. The van der Waals surface area contributed by atoms with Gasteiger partial charge in [-0.3, -0.25) is 4.79 Å². The zero-order chi connectivity index (χ0) is 18.7. The van der Waals surface area contributed by atoms with Gasteiger partial charge in [-0.05, 0) is 61.7 Å². The van der Waals surface area contributed by atoms with Gasteiger partial charge in [0, 0.05) is 12.8 Å². The quantitative estimate of drug-likeness (QED) is 0.763. The number of rotatable bonds is 5. The number of carbonyl (C=O) groups excluding carboxylic acids is 1. The van der Waals surface area contributed by atoms with Crippen molar-refractivity contribution in [3.63, 3.8) is 0 Å². The van der Waals surface area contributed by atoms with Crippen LogP contribution >= 0.6 is 0 Å². The second-order valence-electron chi connectivity index (χ2n) is 6.32. The molecule has 0 unspecified atom stereocenters. The first-order valence-electron chi connectivity index (χ1n) is 8.38. The van der Waals surface area contributed by atoms with Gasteiger partial charge in [-0.2, -0.15) is 0 Å². The molecular weight excluding hydrogens is 328 g/mol. The van der Waals surface area contributed by atoms with E-state index in [1.807, 2.05) is 63.2 Å². The number of carbonyl (C=O) groups is 1. The first kappa shape index (κ1) is 17.8. The fraction of sp³-hybridized carbons (Fsp3) is 0.250. The highest BCUT2D eigenvalue weighted by atomic mass is 16.5. The largest absolute Gasteiger partial charge is 0.378 e. The zero-order valence-corrected chi connectivity index (χ0v) is 15.4. The standard InChI is InChI=1S/C20H22N4O2/c1-13-6-5-7-17(10-13)24-18(12-26-4)19(22-23-24)20(25)21-16-9-8-14(2)15(3)11-16/h5-11H,12H2,1-4H3,(H,21,25). The maximum atomic E-state index is 12.7. The number of aromatic nitrogens is 3. The van der Waals surface area contributed by atoms with Crippen LogP contribution in [0, 0.1) is 20.8 Å². The molecule has 0 saturated heterocycles. The number of hydrogen-bond acceptors (Lipinski definition) is 4. The summed E-state index contributed by atoms with van der Waals surface area (Å²) in [6.07, 6.45) is 0. The summed E-state index contributed by atoms with van der Waals surface area (Å²) in [6.45, 7) is 6.28. The molecule has 6 heteroatoms. The van der Waals surface area contributed by atoms with Gasteiger partial charge >= 0.3 is 0 Å². The molecule has 1 amide bonds. The highest BCUT2D eigenvalue weighted by molar-refractivity contribution is 6.03. The van der Waals surface area contributed by atoms with Crippen molar-refractivity contribution in [2.24, 2.45) is 0 Å². The maximum Gasteiger partial charge on any atom is 0.278 e. The molecule has 1 aromatic heterocycles. The highest BCUT2D eigenvalue weighted by Gasteiger charge is 2.21. The molecule has 0 radical (unpaired) electrons. The summed E-state index contributed by atoms with van der Waals surface area (Å²) in [6, 6.07) is 13.6. The lowest BCUT2D eigenvalue weighted by molar-refractivity contribution is 0.101. The predicted octanol–water partition coefficient (Wildman–Crippen LogP) is 3.59. The molecule has 0 spiro atoms. The average Bonchev–Trinajstić information content (AvgIpc) is 3.02. The Morgan fingerprint density at radius 3 is 2.62 bits per heavy atom. The van der Waals surface area contributed by atoms with E-state index in [0.717, 1.165) is 22.5 Å². The van der Waals surface area contributed by atoms with Gasteiger partial charge in [0.25, 0.3) is 5.91 Å². The smallest absolute Gasteiger partial charge is 0.278 e. The number of nitrogens with zero attached hydrogens (tertiary/aromatic N) is 3. The Labute approximate surface area is 152 Å². The number of anilines is 1. The van der Waals surface area contributed by atoms with Crippen LogP contribution in [-0.2, 0) is 11.3 Å². The minimum atomic E-state index is -0.306. The number of nitrogens with one attached hydrogen (secondary N) is 1. The molecule has 3 aromatic rings. The van der Waals surface area contributed by atoms with Gasteiger partial charge in [0.15, 0.2) is 5.69 Å². The molecule has 0 aliphatic carbocycles. The monoisotopic (exact) mass is 350 g/mol. The summed E-state index contributed by atoms with van der Waals surface area (Å²) in [5.74, 6) is -0.306. The van der Waals surface area contributed by atoms with Crippen LogP contribution in [0.3, 0.4) is 0 Å². The summed E-state index contributed by atoms with van der Waals surface area (Å²) in [4.78, 5) is 12.7. The SMILES string of the molecule is COCc1c(C(=O)Nc2ccc(C)c(C)c2)nnn1-c1cccc(C)c1. The van der Waals surface area contributed by atoms with Crippen LogP contribution < -0.4 is 5.32 Å². The second kappa shape index (κ2) is 7.49. The summed E-state index contributed by atoms with van der Waals surface area (Å²) in [5.41, 5.74) is 5.83. The van der Waals surface area contributed by atoms with Crippen molar-refractivity contribution in [1.29, 1.82) is 0 Å². The Morgan fingerprint density at radius 2 is 1.92 bits per heavy atom. The fourth-order valence-electron chi connectivity index (χ4n) is 2.72. The van der Waals surface area contributed by atoms with Crippen LogP contribution in [0.15, 0.2) is 42.5 Å². The van der Waals surface area contributed by atoms with Crippen LogP contribution in [0.5, 0.6) is 0 Å². The van der Waals surface area contributed by atoms with Crippen molar-refractivity contribution in [1.82, 2.24) is 15.0 Å². The van der Waals surface area contributed by atoms with E-state index >= 15 is 0 Å². The molecule has 1 N–H and O–H groups in total. The van der Waals surface area contributed by atoms with E-state index in [4.69, 9.17) is 4.74 Å². The van der Waals surface area contributed by atoms with Crippen molar-refractivity contribution in [2.45, 2.75) is 27.4 Å². The van der Waals surface area contributed by atoms with Gasteiger partial charge in [0.1, 0.15) is 5.69 Å². The Hall–Kier alpha value is -2.99. The van der Waals surface area contributed by atoms with Crippen LogP contribution in [0.1, 0.15) is 32.9 Å². The first-order valence-corrected chi connectivity index (χ1v) is 8.38. The van der Waals surface area contributed by atoms with Crippen LogP contribution in [0.25, 0.3) is 5.69 Å². The Balaban J connectivity index is 1.94. The van der Waals surface area contributed by atoms with Gasteiger partial charge in [0.2, 0.25) is 0 Å². The average molecular weight is 350 g/mol. The van der Waals surface area contributed by atoms with Crippen molar-refractivity contribution >= 4 is 11.6 Å². The first-order chi connectivity index (χ1) is 12.5. The second-order valence-corrected chi connectivity index (χ2v) is 6.32. The number of aryl methyl sites for hydroxylation is 3. The lowest BCUT2D eigenvalue weighted by atomic mass is 10.1. The lowest BCUT2D eigenvalue weighted by Gasteiger charge is -2.09. The van der Waals surface area contributed by atoms with Gasteiger partial charge in [-0.25, -0.2) is 4.68 Å². The number of ether oxygens (including phenoxy) is 1. The third kappa shape index (κ3) is 3.65. The number of amides is 1. The normalized spacial score (nSPS) is 10.8. The van der Waals surface area contributed by atoms with Crippen LogP contribution in [0.4, 0.5) is 5.69 Å². The molecule has 134 valence electrons. The van der Waals surface area contributed by atoms with Crippen molar-refractivity contribution < 1.29 is 9.53 Å². The van der Waals surface area contributed by atoms with Crippen molar-refractivity contribution in [3.05, 3.63) is 70.5 Å². The predicted molar refractivity (Wildman–Crippen MR) is 101 cm³/mol. The molecule has 0 aliphatic rings. The van der Waals surface area contributed by atoms with Crippen molar-refractivity contribution in [2.75, 3.05) is 12.4 Å². The molecule has 0 atom stereocenters. The van der Waals surface area contributed by atoms with Crippen molar-refractivity contribution in [3.8, 4) is 5.69 Å². The number of hydrogen-bond donors (Lipinski definition) is 1. The van der Waals surface area contributed by atoms with E-state index in [1.54, 1.807) is 11.8 Å². The summed E-state index contributed by atoms with van der Waals surface area (Å²) in [5, 5.41) is 11.2. The van der Waals surface area contributed by atoms with Gasteiger partial charge in [-0.15, -0.1) is 5.10 Å². The Morgan fingerprint density at radius 1 is 1.12 bits per heavy atom. The number of methoxy groups -OCH3 is 1. The summed E-state index contributed by atoms with van der Waals surface area (Å²) >= 11 is 0. The minimum Gasteiger partial charge on any atom is -0.378 e. The van der Waals surface area contributed by atoms with Crippen LogP contribution in [-0.4, -0.2) is 28.0 Å². The highest BCUT2D eigenvalue weighted by Crippen LogP contribution is 2.18. The molecule has 0 fully saturated rings. The van der Waals surface area contributed by atoms with Gasteiger partial charge in [0.05, 0.1) is 12.3 Å². The van der Waals surface area contributed by atoms with Gasteiger partial charge < -0.3 is 10.1 Å². The molecule has 3 rings (SSSR count). The van der Waals surface area contributed by atoms with E-state index in [-0.39, 0.29) is 18.2 Å². The third-order valence-electron chi connectivity index (χ3n) is 4.27. The molecule has 2 aromatic carbocycles. The molecule has 0 aliphatic heterocycles. The lowest BCUT2D eigenvalue weighted by Crippen LogP contribution is -2.16. The van der Waals surface area contributed by atoms with E-state index in [2.05, 4.69) is 15.6 Å². The number of benzene rings is 2. The zero-order valence-electron chi connectivity index (χ0n) is 15.4. The minimum absolute atomic E-state index is 0.233. The molecule has 0 bridgehead atoms. The maximum absolute atomic E-state index is 12.7. The third-order valence-corrected chi connectivity index (χ3v) is 4.27. The van der Waals surface area contributed by atoms with Crippen LogP contribution in [0.2, 0.25) is 0 Å². The Bertz CT molecular complexity index is 947. The summed E-state index contributed by atoms with van der Waals surface area (Å²) in [7, 11) is 1.58. The van der Waals surface area contributed by atoms with Gasteiger partial charge in [-0.1, -0.05) is 23.4 Å². The van der Waals surface area contributed by atoms with E-state index in [1.165, 1.54) is 5.56 Å². The van der Waals surface area contributed by atoms with E-state index in [9.17, 15) is 4.79 Å². The Kier molecular flexibility index (Phi) is 5.14. The topological polar surface area (TPSA) is 69.0 Å². The van der Waals surface area contributed by atoms with E-state index in [0.29, 0.717) is 5.69 Å². The summed E-state index contributed by atoms with van der Waals surface area (Å²) < 4.78 is 6.92.